The van der Waals surface area contributed by atoms with Crippen LogP contribution in [0.1, 0.15) is 50.8 Å². The second-order valence-electron chi connectivity index (χ2n) is 8.27. The smallest absolute Gasteiger partial charge is 0.230 e. The molecular weight excluding hydrogens is 386 g/mol. The van der Waals surface area contributed by atoms with Gasteiger partial charge in [-0.1, -0.05) is 42.0 Å². The number of aromatic nitrogens is 4. The number of hydrogen-bond donors (Lipinski definition) is 1. The number of fused-ring (bicyclic) bond motifs is 2. The Bertz CT molecular complexity index is 1310. The Morgan fingerprint density at radius 1 is 0.871 bits per heavy atom. The second kappa shape index (κ2) is 7.54. The highest BCUT2D eigenvalue weighted by molar-refractivity contribution is 5.98. The van der Waals surface area contributed by atoms with Crippen LogP contribution >= 0.6 is 0 Å². The fourth-order valence-electron chi connectivity index (χ4n) is 4.13. The number of aryl methyl sites for hydroxylation is 3. The number of Topliss-reactive ketones (excluding diaryl/α,β-unsaturated/α-hetero) is 1. The first-order valence-electron chi connectivity index (χ1n) is 10.4. The van der Waals surface area contributed by atoms with E-state index in [9.17, 15) is 4.79 Å². The second-order valence-corrected chi connectivity index (χ2v) is 8.27. The Balaban J connectivity index is 1.45. The van der Waals surface area contributed by atoms with Gasteiger partial charge in [-0.15, -0.1) is 0 Å². The van der Waals surface area contributed by atoms with E-state index in [0.29, 0.717) is 30.3 Å². The van der Waals surface area contributed by atoms with Crippen molar-refractivity contribution in [2.75, 3.05) is 5.32 Å². The minimum Gasteiger partial charge on any atom is -0.294 e. The molecule has 2 aromatic carbocycles. The Morgan fingerprint density at radius 2 is 1.65 bits per heavy atom. The maximum atomic E-state index is 12.7. The molecule has 0 fully saturated rings. The van der Waals surface area contributed by atoms with Gasteiger partial charge in [-0.3, -0.25) is 10.1 Å². The third-order valence-electron chi connectivity index (χ3n) is 5.85. The van der Waals surface area contributed by atoms with E-state index in [0.717, 1.165) is 27.9 Å². The van der Waals surface area contributed by atoms with Crippen LogP contribution in [0.5, 0.6) is 0 Å². The van der Waals surface area contributed by atoms with Crippen molar-refractivity contribution in [3.05, 3.63) is 82.3 Å². The van der Waals surface area contributed by atoms with Gasteiger partial charge in [0.2, 0.25) is 11.9 Å². The summed E-state index contributed by atoms with van der Waals surface area (Å²) in [5.41, 5.74) is 6.67. The van der Waals surface area contributed by atoms with E-state index < -0.39 is 0 Å². The molecule has 0 bridgehead atoms. The molecule has 0 radical (unpaired) electrons. The predicted molar refractivity (Wildman–Crippen MR) is 121 cm³/mol. The normalized spacial score (nSPS) is 15.7. The predicted octanol–water partition coefficient (Wildman–Crippen LogP) is 5.00. The molecule has 1 N–H and O–H groups in total. The molecular formula is C25H23N5O. The standard InChI is InChI=1S/C25H23N5O/c1-14-4-7-17(8-5-14)18-11-22-20(23(31)12-18)13-26-24(28-22)30-25-27-16(3)19-9-6-15(2)10-21(19)29-25/h4-10,13,18H,11-12H2,1-3H3,(H,26,27,28,29,30)/t18-/m0/s1. The van der Waals surface area contributed by atoms with E-state index in [2.05, 4.69) is 62.5 Å². The van der Waals surface area contributed by atoms with Crippen molar-refractivity contribution in [3.8, 4) is 0 Å². The largest absolute Gasteiger partial charge is 0.294 e. The lowest BCUT2D eigenvalue weighted by molar-refractivity contribution is 0.0962. The Morgan fingerprint density at radius 3 is 2.45 bits per heavy atom. The van der Waals surface area contributed by atoms with E-state index in [1.54, 1.807) is 6.20 Å². The summed E-state index contributed by atoms with van der Waals surface area (Å²) in [6.07, 6.45) is 2.81. The van der Waals surface area contributed by atoms with E-state index in [4.69, 9.17) is 0 Å². The summed E-state index contributed by atoms with van der Waals surface area (Å²) in [5, 5.41) is 4.15. The molecule has 4 aromatic rings. The van der Waals surface area contributed by atoms with Crippen LogP contribution in [0, 0.1) is 20.8 Å². The molecule has 0 unspecified atom stereocenters. The molecule has 2 aromatic heterocycles. The molecule has 5 rings (SSSR count). The first-order valence-corrected chi connectivity index (χ1v) is 10.4. The number of carbonyl (C=O) groups excluding carboxylic acids is 1. The molecule has 0 spiro atoms. The quantitative estimate of drug-likeness (QED) is 0.513. The molecule has 2 heterocycles. The first-order chi connectivity index (χ1) is 15.0. The zero-order valence-corrected chi connectivity index (χ0v) is 17.8. The Hall–Kier alpha value is -3.67. The van der Waals surface area contributed by atoms with Crippen LogP contribution in [-0.4, -0.2) is 25.7 Å². The fourth-order valence-corrected chi connectivity index (χ4v) is 4.13. The van der Waals surface area contributed by atoms with Gasteiger partial charge in [0.05, 0.1) is 22.5 Å². The molecule has 1 aliphatic carbocycles. The van der Waals surface area contributed by atoms with E-state index in [1.807, 2.05) is 26.0 Å². The van der Waals surface area contributed by atoms with Crippen molar-refractivity contribution in [2.24, 2.45) is 0 Å². The zero-order chi connectivity index (χ0) is 21.5. The van der Waals surface area contributed by atoms with Gasteiger partial charge < -0.3 is 0 Å². The van der Waals surface area contributed by atoms with Gasteiger partial charge in [-0.2, -0.15) is 0 Å². The average molecular weight is 409 g/mol. The van der Waals surface area contributed by atoms with Crippen molar-refractivity contribution >= 4 is 28.6 Å². The molecule has 31 heavy (non-hydrogen) atoms. The van der Waals surface area contributed by atoms with Gasteiger partial charge in [-0.05, 0) is 50.3 Å². The summed E-state index contributed by atoms with van der Waals surface area (Å²) < 4.78 is 0. The number of hydrogen-bond acceptors (Lipinski definition) is 6. The maximum Gasteiger partial charge on any atom is 0.230 e. The molecule has 0 amide bonds. The average Bonchev–Trinajstić information content (AvgIpc) is 2.73. The highest BCUT2D eigenvalue weighted by Crippen LogP contribution is 2.32. The van der Waals surface area contributed by atoms with Gasteiger partial charge in [0.25, 0.3) is 0 Å². The topological polar surface area (TPSA) is 80.7 Å². The van der Waals surface area contributed by atoms with E-state index in [-0.39, 0.29) is 11.7 Å². The fraction of sp³-hybridized carbons (Fsp3) is 0.240. The number of anilines is 2. The SMILES string of the molecule is Cc1ccc([C@@H]2CC(=O)c3cnc(Nc4nc(C)c5ccc(C)cc5n4)nc3C2)cc1. The highest BCUT2D eigenvalue weighted by atomic mass is 16.1. The number of carbonyl (C=O) groups is 1. The number of nitrogens with zero attached hydrogens (tertiary/aromatic N) is 4. The lowest BCUT2D eigenvalue weighted by Gasteiger charge is -2.23. The minimum atomic E-state index is 0.0895. The number of ketones is 1. The van der Waals surface area contributed by atoms with Crippen LogP contribution in [0.25, 0.3) is 10.9 Å². The summed E-state index contributed by atoms with van der Waals surface area (Å²) >= 11 is 0. The highest BCUT2D eigenvalue weighted by Gasteiger charge is 2.28. The third-order valence-corrected chi connectivity index (χ3v) is 5.85. The Kier molecular flexibility index (Phi) is 4.70. The summed E-state index contributed by atoms with van der Waals surface area (Å²) in [5.74, 6) is 1.08. The molecule has 0 aliphatic heterocycles. The van der Waals surface area contributed by atoms with Gasteiger partial charge in [0.15, 0.2) is 5.78 Å². The summed E-state index contributed by atoms with van der Waals surface area (Å²) in [6.45, 7) is 6.06. The Labute approximate surface area is 180 Å². The zero-order valence-electron chi connectivity index (χ0n) is 17.8. The molecule has 6 nitrogen and oxygen atoms in total. The number of rotatable bonds is 3. The van der Waals surface area contributed by atoms with Crippen LogP contribution in [-0.2, 0) is 6.42 Å². The molecule has 1 aliphatic rings. The lowest BCUT2D eigenvalue weighted by atomic mass is 9.82. The molecule has 0 saturated heterocycles. The first kappa shape index (κ1) is 19.3. The summed E-state index contributed by atoms with van der Waals surface area (Å²) in [7, 11) is 0. The van der Waals surface area contributed by atoms with Gasteiger partial charge >= 0.3 is 0 Å². The van der Waals surface area contributed by atoms with Crippen LogP contribution in [0.4, 0.5) is 11.9 Å². The van der Waals surface area contributed by atoms with Crippen molar-refractivity contribution < 1.29 is 4.79 Å². The van der Waals surface area contributed by atoms with Crippen molar-refractivity contribution in [2.45, 2.75) is 39.5 Å². The number of benzene rings is 2. The summed E-state index contributed by atoms with van der Waals surface area (Å²) in [4.78, 5) is 30.9. The molecule has 0 saturated carbocycles. The van der Waals surface area contributed by atoms with E-state index in [1.165, 1.54) is 11.1 Å². The molecule has 6 heteroatoms. The van der Waals surface area contributed by atoms with Gasteiger partial charge in [-0.25, -0.2) is 19.9 Å². The molecule has 154 valence electrons. The van der Waals surface area contributed by atoms with Crippen LogP contribution in [0.3, 0.4) is 0 Å². The van der Waals surface area contributed by atoms with Crippen LogP contribution < -0.4 is 5.32 Å². The third kappa shape index (κ3) is 3.77. The van der Waals surface area contributed by atoms with Crippen molar-refractivity contribution in [1.29, 1.82) is 0 Å². The van der Waals surface area contributed by atoms with E-state index >= 15 is 0 Å². The van der Waals surface area contributed by atoms with Crippen LogP contribution in [0.15, 0.2) is 48.7 Å². The minimum absolute atomic E-state index is 0.0895. The monoisotopic (exact) mass is 409 g/mol. The van der Waals surface area contributed by atoms with Crippen LogP contribution in [0.2, 0.25) is 0 Å². The summed E-state index contributed by atoms with van der Waals surface area (Å²) in [6, 6.07) is 14.5. The molecule has 1 atom stereocenters. The van der Waals surface area contributed by atoms with Crippen molar-refractivity contribution in [1.82, 2.24) is 19.9 Å². The maximum absolute atomic E-state index is 12.7. The van der Waals surface area contributed by atoms with Gasteiger partial charge in [0, 0.05) is 18.0 Å². The van der Waals surface area contributed by atoms with Gasteiger partial charge in [0.1, 0.15) is 0 Å². The lowest BCUT2D eigenvalue weighted by Crippen LogP contribution is -2.21. The number of nitrogens with one attached hydrogen (secondary N) is 1. The van der Waals surface area contributed by atoms with Crippen molar-refractivity contribution in [3.63, 3.8) is 0 Å².